The third-order valence-corrected chi connectivity index (χ3v) is 5.63. The summed E-state index contributed by atoms with van der Waals surface area (Å²) in [5.41, 5.74) is 1.38. The highest BCUT2D eigenvalue weighted by molar-refractivity contribution is 5.95. The number of alkyl halides is 2. The van der Waals surface area contributed by atoms with Crippen LogP contribution in [0.2, 0.25) is 0 Å². The number of benzene rings is 1. The number of rotatable bonds is 10. The van der Waals surface area contributed by atoms with E-state index in [2.05, 4.69) is 20.0 Å². The van der Waals surface area contributed by atoms with Gasteiger partial charge in [0.05, 0.1) is 13.2 Å². The highest BCUT2D eigenvalue weighted by Gasteiger charge is 2.24. The molecule has 2 heterocycles. The van der Waals surface area contributed by atoms with Crippen LogP contribution in [0.5, 0.6) is 5.75 Å². The number of carbonyl (C=O) groups excluding carboxylic acids is 1. The Kier molecular flexibility index (Phi) is 8.38. The summed E-state index contributed by atoms with van der Waals surface area (Å²) >= 11 is 0. The van der Waals surface area contributed by atoms with Gasteiger partial charge in [0.15, 0.2) is 0 Å². The van der Waals surface area contributed by atoms with Crippen molar-refractivity contribution in [2.75, 3.05) is 31.2 Å². The fraction of sp³-hybridized carbons (Fsp3) is 0.591. The average molecular weight is 453 g/mol. The predicted molar refractivity (Wildman–Crippen MR) is 114 cm³/mol. The Labute approximate surface area is 185 Å². The molecule has 1 fully saturated rings. The van der Waals surface area contributed by atoms with E-state index < -0.39 is 12.3 Å². The number of hydrogen-bond acceptors (Lipinski definition) is 7. The smallest absolute Gasteiger partial charge is 0.316 e. The van der Waals surface area contributed by atoms with Crippen LogP contribution >= 0.6 is 0 Å². The summed E-state index contributed by atoms with van der Waals surface area (Å²) in [6, 6.07) is 5.06. The van der Waals surface area contributed by atoms with Crippen LogP contribution in [0.3, 0.4) is 0 Å². The first-order valence-electron chi connectivity index (χ1n) is 10.9. The molecule has 0 radical (unpaired) electrons. The summed E-state index contributed by atoms with van der Waals surface area (Å²) < 4.78 is 35.6. The number of ether oxygens (including phenoxy) is 1. The Morgan fingerprint density at radius 3 is 2.75 bits per heavy atom. The van der Waals surface area contributed by atoms with Gasteiger partial charge >= 0.3 is 6.43 Å². The van der Waals surface area contributed by atoms with Crippen molar-refractivity contribution in [3.8, 4) is 5.75 Å². The molecule has 1 aromatic heterocycles. The molecule has 0 bridgehead atoms. The Bertz CT molecular complexity index is 885. The molecule has 0 spiro atoms. The molecule has 8 nitrogen and oxygen atoms in total. The van der Waals surface area contributed by atoms with Gasteiger partial charge in [-0.1, -0.05) is 0 Å². The number of hydrogen-bond donors (Lipinski definition) is 2. The Morgan fingerprint density at radius 1 is 1.38 bits per heavy atom. The van der Waals surface area contributed by atoms with Gasteiger partial charge in [-0.2, -0.15) is 13.8 Å². The van der Waals surface area contributed by atoms with E-state index in [0.29, 0.717) is 31.2 Å². The molecular weight excluding hydrogens is 422 g/mol. The van der Waals surface area contributed by atoms with Crippen LogP contribution in [-0.4, -0.2) is 53.5 Å². The minimum Gasteiger partial charge on any atom is -0.494 e. The number of nitrogens with zero attached hydrogens (tertiary/aromatic N) is 3. The maximum Gasteiger partial charge on any atom is 0.316 e. The fourth-order valence-electron chi connectivity index (χ4n) is 3.76. The number of carbonyl (C=O) groups is 1. The summed E-state index contributed by atoms with van der Waals surface area (Å²) in [7, 11) is 0. The van der Waals surface area contributed by atoms with Gasteiger partial charge in [0.25, 0.3) is 17.7 Å². The topological polar surface area (TPSA) is 101 Å². The first-order chi connectivity index (χ1) is 15.4. The van der Waals surface area contributed by atoms with Crippen LogP contribution in [0.1, 0.15) is 60.8 Å². The van der Waals surface area contributed by atoms with Gasteiger partial charge in [-0.05, 0) is 74.4 Å². The van der Waals surface area contributed by atoms with Crippen molar-refractivity contribution in [3.63, 3.8) is 0 Å². The van der Waals surface area contributed by atoms with Crippen molar-refractivity contribution in [2.24, 2.45) is 5.92 Å². The average Bonchev–Trinajstić information content (AvgIpc) is 3.28. The van der Waals surface area contributed by atoms with Gasteiger partial charge in [-0.15, -0.1) is 0 Å². The first-order valence-corrected chi connectivity index (χ1v) is 10.9. The monoisotopic (exact) mass is 452 g/mol. The van der Waals surface area contributed by atoms with Crippen molar-refractivity contribution in [1.82, 2.24) is 15.5 Å². The standard InChI is InChI=1S/C22H30F2N4O4/c1-14-12-17(5-6-18(14)20(30)25-15(2)13-29)31-11-3-4-16-7-9-28(10-8-16)22-26-21(19(23)24)32-27-22/h5-6,12,15-16,19,29H,3-4,7-11,13H2,1-2H3,(H,25,30). The molecule has 32 heavy (non-hydrogen) atoms. The second-order valence-electron chi connectivity index (χ2n) is 8.19. The summed E-state index contributed by atoms with van der Waals surface area (Å²) in [5.74, 6) is 0.644. The van der Waals surface area contributed by atoms with Crippen LogP contribution in [0.15, 0.2) is 22.7 Å². The van der Waals surface area contributed by atoms with E-state index >= 15 is 0 Å². The molecule has 1 aliphatic heterocycles. The van der Waals surface area contributed by atoms with E-state index in [1.165, 1.54) is 0 Å². The van der Waals surface area contributed by atoms with Gasteiger partial charge in [0.2, 0.25) is 0 Å². The van der Waals surface area contributed by atoms with Gasteiger partial charge in [-0.25, -0.2) is 0 Å². The molecule has 1 atom stereocenters. The minimum atomic E-state index is -2.75. The number of aliphatic hydroxyl groups excluding tert-OH is 1. The summed E-state index contributed by atoms with van der Waals surface area (Å²) in [6.07, 6.45) is 1.04. The zero-order valence-electron chi connectivity index (χ0n) is 18.4. The van der Waals surface area contributed by atoms with Crippen molar-refractivity contribution in [2.45, 2.75) is 52.0 Å². The lowest BCUT2D eigenvalue weighted by Crippen LogP contribution is -2.35. The van der Waals surface area contributed by atoms with Gasteiger partial charge in [0.1, 0.15) is 5.75 Å². The van der Waals surface area contributed by atoms with Gasteiger partial charge < -0.3 is 24.6 Å². The van der Waals surface area contributed by atoms with Crippen LogP contribution in [0, 0.1) is 12.8 Å². The lowest BCUT2D eigenvalue weighted by atomic mass is 9.92. The molecule has 1 unspecified atom stereocenters. The number of anilines is 1. The third-order valence-electron chi connectivity index (χ3n) is 5.63. The molecule has 1 aromatic carbocycles. The molecule has 10 heteroatoms. The van der Waals surface area contributed by atoms with Crippen molar-refractivity contribution in [1.29, 1.82) is 0 Å². The summed E-state index contributed by atoms with van der Waals surface area (Å²) in [6.45, 7) is 5.49. The summed E-state index contributed by atoms with van der Waals surface area (Å²) in [4.78, 5) is 17.8. The van der Waals surface area contributed by atoms with Crippen molar-refractivity contribution >= 4 is 11.9 Å². The normalized spacial score (nSPS) is 15.8. The fourth-order valence-corrected chi connectivity index (χ4v) is 3.76. The maximum absolute atomic E-state index is 12.6. The van der Waals surface area contributed by atoms with E-state index in [1.807, 2.05) is 17.9 Å². The van der Waals surface area contributed by atoms with E-state index in [0.717, 1.165) is 37.0 Å². The molecule has 2 aromatic rings. The second kappa shape index (κ2) is 11.2. The predicted octanol–water partition coefficient (Wildman–Crippen LogP) is 3.50. The highest BCUT2D eigenvalue weighted by Crippen LogP contribution is 2.26. The maximum atomic E-state index is 12.6. The third kappa shape index (κ3) is 6.38. The Hall–Kier alpha value is -2.75. The molecule has 1 saturated heterocycles. The SMILES string of the molecule is Cc1cc(OCCCC2CCN(c3noc(C(F)F)n3)CC2)ccc1C(=O)NC(C)CO. The quantitative estimate of drug-likeness (QED) is 0.532. The molecule has 176 valence electrons. The van der Waals surface area contributed by atoms with Crippen molar-refractivity contribution < 1.29 is 27.9 Å². The van der Waals surface area contributed by atoms with Crippen LogP contribution in [0.4, 0.5) is 14.7 Å². The van der Waals surface area contributed by atoms with Gasteiger partial charge in [0, 0.05) is 24.7 Å². The molecular formula is C22H30F2N4O4. The zero-order valence-corrected chi connectivity index (χ0v) is 18.4. The number of nitrogens with one attached hydrogen (secondary N) is 1. The lowest BCUT2D eigenvalue weighted by molar-refractivity contribution is 0.0921. The number of aliphatic hydroxyl groups is 1. The van der Waals surface area contributed by atoms with E-state index in [-0.39, 0.29) is 24.5 Å². The molecule has 3 rings (SSSR count). The molecule has 1 aliphatic rings. The van der Waals surface area contributed by atoms with Crippen LogP contribution in [0.25, 0.3) is 0 Å². The zero-order chi connectivity index (χ0) is 23.1. The largest absolute Gasteiger partial charge is 0.494 e. The van der Waals surface area contributed by atoms with E-state index in [9.17, 15) is 13.6 Å². The number of aromatic nitrogens is 2. The van der Waals surface area contributed by atoms with Crippen LogP contribution in [-0.2, 0) is 0 Å². The summed E-state index contributed by atoms with van der Waals surface area (Å²) in [5, 5.41) is 15.4. The molecule has 1 amide bonds. The van der Waals surface area contributed by atoms with E-state index in [4.69, 9.17) is 9.84 Å². The number of piperidine rings is 1. The minimum absolute atomic E-state index is 0.109. The Balaban J connectivity index is 1.37. The molecule has 0 aliphatic carbocycles. The molecule has 2 N–H and O–H groups in total. The second-order valence-corrected chi connectivity index (χ2v) is 8.19. The number of halogens is 2. The van der Waals surface area contributed by atoms with E-state index in [1.54, 1.807) is 19.1 Å². The highest BCUT2D eigenvalue weighted by atomic mass is 19.3. The molecule has 0 saturated carbocycles. The van der Waals surface area contributed by atoms with Crippen LogP contribution < -0.4 is 15.0 Å². The van der Waals surface area contributed by atoms with Gasteiger partial charge in [-0.3, -0.25) is 4.79 Å². The lowest BCUT2D eigenvalue weighted by Gasteiger charge is -2.30. The first kappa shape index (κ1) is 23.9. The Morgan fingerprint density at radius 2 is 2.12 bits per heavy atom. The number of amides is 1. The van der Waals surface area contributed by atoms with Crippen molar-refractivity contribution in [3.05, 3.63) is 35.2 Å². The number of aryl methyl sites for hydroxylation is 1.